The molecule has 25 heavy (non-hydrogen) atoms. The third-order valence-electron chi connectivity index (χ3n) is 4.62. The number of carboxylic acid groups (broad SMARTS) is 1. The molecule has 0 saturated carbocycles. The lowest BCUT2D eigenvalue weighted by atomic mass is 9.85. The summed E-state index contributed by atoms with van der Waals surface area (Å²) in [5, 5.41) is 28.0. The second-order valence-electron chi connectivity index (χ2n) is 6.62. The summed E-state index contributed by atoms with van der Waals surface area (Å²) in [6, 6.07) is 6.73. The molecule has 2 heterocycles. The van der Waals surface area contributed by atoms with Gasteiger partial charge in [-0.25, -0.2) is 4.79 Å². The molecule has 0 aromatic heterocycles. The predicted molar refractivity (Wildman–Crippen MR) is 88.7 cm³/mol. The standard InChI is InChI=1S/C17H16N2O5S/c1-17(2)13(16(23)24)19-14(22)10(15(19)25-17)12(21)11(20)9-5-3-8(7-18)4-6-9/h3-6,10,12-13,15,21H,1-2H3,(H,23,24)/t10-,12+,13+,15-/m1/s1. The van der Waals surface area contributed by atoms with Gasteiger partial charge in [-0.3, -0.25) is 9.59 Å². The van der Waals surface area contributed by atoms with Crippen LogP contribution in [0.4, 0.5) is 0 Å². The normalized spacial score (nSPS) is 27.8. The van der Waals surface area contributed by atoms with Crippen molar-refractivity contribution >= 4 is 29.4 Å². The fourth-order valence-corrected chi connectivity index (χ4v) is 5.09. The Bertz CT molecular complexity index is 798. The topological polar surface area (TPSA) is 119 Å². The van der Waals surface area contributed by atoms with Crippen LogP contribution in [-0.4, -0.2) is 55.0 Å². The first-order valence-corrected chi connectivity index (χ1v) is 8.52. The van der Waals surface area contributed by atoms with Crippen LogP contribution in [-0.2, 0) is 9.59 Å². The van der Waals surface area contributed by atoms with Crippen LogP contribution in [0.2, 0.25) is 0 Å². The monoisotopic (exact) mass is 360 g/mol. The number of rotatable bonds is 4. The summed E-state index contributed by atoms with van der Waals surface area (Å²) in [5.41, 5.74) is 0.587. The highest BCUT2D eigenvalue weighted by molar-refractivity contribution is 8.01. The Balaban J connectivity index is 1.81. The van der Waals surface area contributed by atoms with Crippen LogP contribution in [0.25, 0.3) is 0 Å². The van der Waals surface area contributed by atoms with Gasteiger partial charge in [0.15, 0.2) is 5.78 Å². The van der Waals surface area contributed by atoms with Crippen molar-refractivity contribution in [3.05, 3.63) is 35.4 Å². The number of aliphatic hydroxyl groups excluding tert-OH is 1. The average Bonchev–Trinajstić information content (AvgIpc) is 2.82. The fraction of sp³-hybridized carbons (Fsp3) is 0.412. The van der Waals surface area contributed by atoms with E-state index in [1.54, 1.807) is 13.8 Å². The Kier molecular flexibility index (Phi) is 4.09. The molecule has 2 aliphatic heterocycles. The van der Waals surface area contributed by atoms with Crippen LogP contribution in [0.3, 0.4) is 0 Å². The minimum atomic E-state index is -1.54. The molecule has 1 aromatic carbocycles. The first-order valence-electron chi connectivity index (χ1n) is 7.64. The molecular formula is C17H16N2O5S. The maximum atomic E-state index is 12.5. The zero-order valence-corrected chi connectivity index (χ0v) is 14.4. The number of carbonyl (C=O) groups is 3. The number of β-lactam (4-membered cyclic amide) rings is 1. The second kappa shape index (κ2) is 5.86. The minimum Gasteiger partial charge on any atom is -0.480 e. The summed E-state index contributed by atoms with van der Waals surface area (Å²) in [6.07, 6.45) is -1.54. The molecule has 0 unspecified atom stereocenters. The highest BCUT2D eigenvalue weighted by Crippen LogP contribution is 2.54. The van der Waals surface area contributed by atoms with E-state index >= 15 is 0 Å². The SMILES string of the molecule is CC1(C)S[C@@H]2[C@H]([C@H](O)C(=O)c3ccc(C#N)cc3)C(=O)N2[C@H]1C(=O)O. The molecule has 4 atom stereocenters. The van der Waals surface area contributed by atoms with Crippen molar-refractivity contribution in [3.63, 3.8) is 0 Å². The Morgan fingerprint density at radius 1 is 1.32 bits per heavy atom. The van der Waals surface area contributed by atoms with Crippen LogP contribution >= 0.6 is 11.8 Å². The van der Waals surface area contributed by atoms with E-state index in [-0.39, 0.29) is 5.56 Å². The van der Waals surface area contributed by atoms with Crippen LogP contribution in [0.1, 0.15) is 29.8 Å². The van der Waals surface area contributed by atoms with Crippen molar-refractivity contribution in [2.45, 2.75) is 36.1 Å². The highest BCUT2D eigenvalue weighted by Gasteiger charge is 2.65. The molecule has 7 nitrogen and oxygen atoms in total. The van der Waals surface area contributed by atoms with Gasteiger partial charge in [-0.05, 0) is 38.1 Å². The summed E-state index contributed by atoms with van der Waals surface area (Å²) in [6.45, 7) is 3.46. The number of benzene rings is 1. The maximum Gasteiger partial charge on any atom is 0.327 e. The Hall–Kier alpha value is -2.37. The average molecular weight is 360 g/mol. The lowest BCUT2D eigenvalue weighted by Gasteiger charge is -2.45. The van der Waals surface area contributed by atoms with Gasteiger partial charge in [0.05, 0.1) is 17.0 Å². The van der Waals surface area contributed by atoms with Crippen molar-refractivity contribution in [2.75, 3.05) is 0 Å². The van der Waals surface area contributed by atoms with E-state index in [1.165, 1.54) is 40.9 Å². The zero-order valence-electron chi connectivity index (χ0n) is 13.5. The van der Waals surface area contributed by atoms with E-state index in [1.807, 2.05) is 6.07 Å². The first kappa shape index (κ1) is 17.5. The Morgan fingerprint density at radius 2 is 1.92 bits per heavy atom. The molecule has 2 fully saturated rings. The number of fused-ring (bicyclic) bond motifs is 1. The van der Waals surface area contributed by atoms with E-state index in [0.29, 0.717) is 5.56 Å². The van der Waals surface area contributed by atoms with E-state index in [4.69, 9.17) is 5.26 Å². The van der Waals surface area contributed by atoms with Crippen LogP contribution in [0, 0.1) is 17.2 Å². The predicted octanol–water partition coefficient (Wildman–Crippen LogP) is 0.865. The molecule has 0 radical (unpaired) electrons. The lowest BCUT2D eigenvalue weighted by Crippen LogP contribution is -2.66. The molecule has 2 N–H and O–H groups in total. The number of hydrogen-bond donors (Lipinski definition) is 2. The van der Waals surface area contributed by atoms with Crippen LogP contribution in [0.5, 0.6) is 0 Å². The fourth-order valence-electron chi connectivity index (χ4n) is 3.38. The molecule has 8 heteroatoms. The van der Waals surface area contributed by atoms with E-state index in [9.17, 15) is 24.6 Å². The van der Waals surface area contributed by atoms with Crippen LogP contribution < -0.4 is 0 Å². The Labute approximate surface area is 148 Å². The molecule has 3 rings (SSSR count). The Morgan fingerprint density at radius 3 is 2.44 bits per heavy atom. The maximum absolute atomic E-state index is 12.5. The van der Waals surface area contributed by atoms with Gasteiger partial charge in [-0.1, -0.05) is 0 Å². The van der Waals surface area contributed by atoms with Crippen molar-refractivity contribution < 1.29 is 24.6 Å². The number of hydrogen-bond acceptors (Lipinski definition) is 6. The first-order chi connectivity index (χ1) is 11.7. The molecule has 1 amide bonds. The number of carbonyl (C=O) groups excluding carboxylic acids is 2. The number of amides is 1. The zero-order chi connectivity index (χ0) is 18.5. The lowest BCUT2D eigenvalue weighted by molar-refractivity contribution is -0.167. The van der Waals surface area contributed by atoms with Gasteiger partial charge in [0.1, 0.15) is 18.1 Å². The van der Waals surface area contributed by atoms with Gasteiger partial charge in [-0.2, -0.15) is 5.26 Å². The van der Waals surface area contributed by atoms with Gasteiger partial charge >= 0.3 is 5.97 Å². The van der Waals surface area contributed by atoms with Crippen LogP contribution in [0.15, 0.2) is 24.3 Å². The van der Waals surface area contributed by atoms with Crippen molar-refractivity contribution in [3.8, 4) is 6.07 Å². The number of nitrogens with zero attached hydrogens (tertiary/aromatic N) is 2. The van der Waals surface area contributed by atoms with E-state index < -0.39 is 45.8 Å². The number of aliphatic carboxylic acids is 1. The number of carboxylic acids is 1. The van der Waals surface area contributed by atoms with Gasteiger partial charge in [-0.15, -0.1) is 11.8 Å². The quantitative estimate of drug-likeness (QED) is 0.604. The number of ketones is 1. The minimum absolute atomic E-state index is 0.204. The molecule has 0 bridgehead atoms. The van der Waals surface area contributed by atoms with E-state index in [0.717, 1.165) is 0 Å². The third-order valence-corrected chi connectivity index (χ3v) is 6.22. The second-order valence-corrected chi connectivity index (χ2v) is 8.39. The molecule has 130 valence electrons. The summed E-state index contributed by atoms with van der Waals surface area (Å²) >= 11 is 1.28. The third kappa shape index (κ3) is 2.60. The van der Waals surface area contributed by atoms with Gasteiger partial charge in [0.2, 0.25) is 5.91 Å². The summed E-state index contributed by atoms with van der Waals surface area (Å²) in [4.78, 5) is 37.6. The van der Waals surface area contributed by atoms with Crippen molar-refractivity contribution in [2.24, 2.45) is 5.92 Å². The van der Waals surface area contributed by atoms with Gasteiger partial charge < -0.3 is 15.1 Å². The highest BCUT2D eigenvalue weighted by atomic mass is 32.2. The largest absolute Gasteiger partial charge is 0.480 e. The summed E-state index contributed by atoms with van der Waals surface area (Å²) in [5.74, 6) is -3.19. The van der Waals surface area contributed by atoms with Gasteiger partial charge in [0, 0.05) is 10.3 Å². The summed E-state index contributed by atoms with van der Waals surface area (Å²) in [7, 11) is 0. The smallest absolute Gasteiger partial charge is 0.327 e. The summed E-state index contributed by atoms with van der Waals surface area (Å²) < 4.78 is -0.710. The molecule has 2 aliphatic rings. The number of nitriles is 1. The number of aliphatic hydroxyl groups is 1. The van der Waals surface area contributed by atoms with Crippen molar-refractivity contribution in [1.82, 2.24) is 4.90 Å². The van der Waals surface area contributed by atoms with E-state index in [2.05, 4.69) is 0 Å². The molecule has 0 spiro atoms. The molecular weight excluding hydrogens is 344 g/mol. The molecule has 2 saturated heterocycles. The molecule has 1 aromatic rings. The van der Waals surface area contributed by atoms with Crippen molar-refractivity contribution in [1.29, 1.82) is 5.26 Å². The van der Waals surface area contributed by atoms with Gasteiger partial charge in [0.25, 0.3) is 0 Å². The molecule has 0 aliphatic carbocycles. The number of Topliss-reactive ketones (excluding diaryl/α,β-unsaturated/α-hetero) is 1. The number of thioether (sulfide) groups is 1.